The second-order valence-corrected chi connectivity index (χ2v) is 4.65. The second-order valence-electron chi connectivity index (χ2n) is 4.65. The molecule has 9 nitrogen and oxygen atoms in total. The lowest BCUT2D eigenvalue weighted by Crippen LogP contribution is -2.56. The Morgan fingerprint density at radius 3 is 2.95 bits per heavy atom. The van der Waals surface area contributed by atoms with E-state index < -0.39 is 29.3 Å². The summed E-state index contributed by atoms with van der Waals surface area (Å²) in [6, 6.07) is 1.80. The minimum absolute atomic E-state index is 0.0288. The van der Waals surface area contributed by atoms with Crippen molar-refractivity contribution in [3.05, 3.63) is 27.9 Å². The van der Waals surface area contributed by atoms with E-state index in [1.165, 1.54) is 17.0 Å². The number of piperazine rings is 1. The lowest BCUT2D eigenvalue weighted by atomic mass is 10.1. The van der Waals surface area contributed by atoms with Gasteiger partial charge in [-0.05, 0) is 13.0 Å². The SMILES string of the molecule is Cc1ccc([N+](=O)[O-])c(N2CCNC(=O)C2CC(=O)O)n1. The van der Waals surface area contributed by atoms with E-state index in [0.29, 0.717) is 5.69 Å². The summed E-state index contributed by atoms with van der Waals surface area (Å²) in [6.07, 6.45) is -0.446. The van der Waals surface area contributed by atoms with Gasteiger partial charge in [-0.1, -0.05) is 0 Å². The maximum Gasteiger partial charge on any atom is 0.311 e. The summed E-state index contributed by atoms with van der Waals surface area (Å²) in [4.78, 5) is 38.8. The summed E-state index contributed by atoms with van der Waals surface area (Å²) >= 11 is 0. The molecule has 0 spiro atoms. The molecule has 1 fully saturated rings. The van der Waals surface area contributed by atoms with Gasteiger partial charge in [-0.3, -0.25) is 19.7 Å². The normalized spacial score (nSPS) is 18.2. The van der Waals surface area contributed by atoms with E-state index in [1.807, 2.05) is 0 Å². The van der Waals surface area contributed by atoms with E-state index in [4.69, 9.17) is 5.11 Å². The van der Waals surface area contributed by atoms with Crippen LogP contribution in [0, 0.1) is 17.0 Å². The monoisotopic (exact) mass is 294 g/mol. The molecule has 21 heavy (non-hydrogen) atoms. The number of aryl methyl sites for hydroxylation is 1. The first-order valence-electron chi connectivity index (χ1n) is 6.28. The van der Waals surface area contributed by atoms with Gasteiger partial charge >= 0.3 is 11.7 Å². The highest BCUT2D eigenvalue weighted by Gasteiger charge is 2.35. The Kier molecular flexibility index (Phi) is 4.01. The Bertz CT molecular complexity index is 603. The molecule has 0 radical (unpaired) electrons. The Morgan fingerprint density at radius 2 is 2.33 bits per heavy atom. The summed E-state index contributed by atoms with van der Waals surface area (Å²) in [5, 5.41) is 22.6. The van der Waals surface area contributed by atoms with Gasteiger partial charge in [0.2, 0.25) is 11.7 Å². The second kappa shape index (κ2) is 5.73. The number of carboxylic acids is 1. The van der Waals surface area contributed by atoms with Crippen molar-refractivity contribution in [2.75, 3.05) is 18.0 Å². The highest BCUT2D eigenvalue weighted by molar-refractivity contribution is 5.90. The molecule has 2 rings (SSSR count). The summed E-state index contributed by atoms with van der Waals surface area (Å²) in [6.45, 7) is 2.21. The fourth-order valence-corrected chi connectivity index (χ4v) is 2.23. The maximum atomic E-state index is 11.9. The fraction of sp³-hybridized carbons (Fsp3) is 0.417. The van der Waals surface area contributed by atoms with E-state index >= 15 is 0 Å². The lowest BCUT2D eigenvalue weighted by Gasteiger charge is -2.34. The number of pyridine rings is 1. The molecule has 1 saturated heterocycles. The number of rotatable bonds is 4. The summed E-state index contributed by atoms with van der Waals surface area (Å²) < 4.78 is 0. The van der Waals surface area contributed by atoms with Crippen LogP contribution in [0.4, 0.5) is 11.5 Å². The third-order valence-electron chi connectivity index (χ3n) is 3.16. The lowest BCUT2D eigenvalue weighted by molar-refractivity contribution is -0.384. The minimum Gasteiger partial charge on any atom is -0.481 e. The number of aliphatic carboxylic acids is 1. The van der Waals surface area contributed by atoms with Crippen LogP contribution in [-0.4, -0.2) is 46.0 Å². The largest absolute Gasteiger partial charge is 0.481 e. The van der Waals surface area contributed by atoms with Crippen LogP contribution < -0.4 is 10.2 Å². The number of carboxylic acid groups (broad SMARTS) is 1. The molecule has 0 bridgehead atoms. The van der Waals surface area contributed by atoms with Crippen molar-refractivity contribution in [1.82, 2.24) is 10.3 Å². The molecule has 1 aromatic heterocycles. The summed E-state index contributed by atoms with van der Waals surface area (Å²) in [5.41, 5.74) is 0.307. The molecule has 1 aliphatic heterocycles. The van der Waals surface area contributed by atoms with Crippen molar-refractivity contribution in [3.63, 3.8) is 0 Å². The van der Waals surface area contributed by atoms with Gasteiger partial charge in [0.25, 0.3) is 0 Å². The fourth-order valence-electron chi connectivity index (χ4n) is 2.23. The molecule has 0 aromatic carbocycles. The van der Waals surface area contributed by atoms with Crippen LogP contribution in [0.3, 0.4) is 0 Å². The molecular formula is C12H14N4O5. The number of amides is 1. The van der Waals surface area contributed by atoms with Gasteiger partial charge in [0, 0.05) is 24.8 Å². The molecule has 2 N–H and O–H groups in total. The number of carbonyl (C=O) groups excluding carboxylic acids is 1. The van der Waals surface area contributed by atoms with Crippen LogP contribution in [0.1, 0.15) is 12.1 Å². The zero-order valence-electron chi connectivity index (χ0n) is 11.3. The van der Waals surface area contributed by atoms with Crippen LogP contribution in [0.5, 0.6) is 0 Å². The third kappa shape index (κ3) is 3.07. The van der Waals surface area contributed by atoms with E-state index in [0.717, 1.165) is 0 Å². The number of anilines is 1. The van der Waals surface area contributed by atoms with Crippen molar-refractivity contribution in [2.45, 2.75) is 19.4 Å². The molecule has 1 amide bonds. The minimum atomic E-state index is -1.16. The Hall–Kier alpha value is -2.71. The number of aromatic nitrogens is 1. The predicted octanol–water partition coefficient (Wildman–Crippen LogP) is 0.0777. The highest BCUT2D eigenvalue weighted by atomic mass is 16.6. The standard InChI is InChI=1S/C12H14N4O5/c1-7-2-3-8(16(20)21)11(14-7)15-5-4-13-12(19)9(15)6-10(17)18/h2-3,9H,4-6H2,1H3,(H,13,19)(H,17,18). The smallest absolute Gasteiger partial charge is 0.311 e. The van der Waals surface area contributed by atoms with E-state index in [1.54, 1.807) is 6.92 Å². The van der Waals surface area contributed by atoms with Crippen molar-refractivity contribution in [2.24, 2.45) is 0 Å². The molecule has 2 heterocycles. The first-order chi connectivity index (χ1) is 9.90. The number of hydrogen-bond acceptors (Lipinski definition) is 6. The van der Waals surface area contributed by atoms with Crippen molar-refractivity contribution in [1.29, 1.82) is 0 Å². The van der Waals surface area contributed by atoms with Crippen molar-refractivity contribution < 1.29 is 19.6 Å². The first kappa shape index (κ1) is 14.7. The molecule has 1 aliphatic rings. The summed E-state index contributed by atoms with van der Waals surface area (Å²) in [7, 11) is 0. The Labute approximate surface area is 119 Å². The Balaban J connectivity index is 2.46. The van der Waals surface area contributed by atoms with Crippen LogP contribution in [0.25, 0.3) is 0 Å². The van der Waals surface area contributed by atoms with Gasteiger partial charge in [-0.2, -0.15) is 0 Å². The van der Waals surface area contributed by atoms with Crippen LogP contribution >= 0.6 is 0 Å². The number of carbonyl (C=O) groups is 2. The summed E-state index contributed by atoms with van der Waals surface area (Å²) in [5.74, 6) is -1.60. The molecule has 1 aromatic rings. The van der Waals surface area contributed by atoms with E-state index in [-0.39, 0.29) is 24.6 Å². The third-order valence-corrected chi connectivity index (χ3v) is 3.16. The van der Waals surface area contributed by atoms with Gasteiger partial charge in [0.15, 0.2) is 0 Å². The molecule has 112 valence electrons. The zero-order valence-corrected chi connectivity index (χ0v) is 11.3. The number of nitrogens with zero attached hydrogens (tertiary/aromatic N) is 3. The molecule has 1 atom stereocenters. The highest BCUT2D eigenvalue weighted by Crippen LogP contribution is 2.29. The average molecular weight is 294 g/mol. The van der Waals surface area contributed by atoms with Gasteiger partial charge in [0.05, 0.1) is 11.3 Å². The van der Waals surface area contributed by atoms with Crippen molar-refractivity contribution >= 4 is 23.4 Å². The van der Waals surface area contributed by atoms with Gasteiger partial charge < -0.3 is 15.3 Å². The van der Waals surface area contributed by atoms with Crippen LogP contribution in [0.2, 0.25) is 0 Å². The molecule has 9 heteroatoms. The zero-order chi connectivity index (χ0) is 15.6. The van der Waals surface area contributed by atoms with Gasteiger partial charge in [-0.15, -0.1) is 0 Å². The molecular weight excluding hydrogens is 280 g/mol. The predicted molar refractivity (Wildman–Crippen MR) is 72.0 cm³/mol. The Morgan fingerprint density at radius 1 is 1.62 bits per heavy atom. The van der Waals surface area contributed by atoms with Gasteiger partial charge in [-0.25, -0.2) is 4.98 Å². The topological polar surface area (TPSA) is 126 Å². The van der Waals surface area contributed by atoms with Crippen LogP contribution in [-0.2, 0) is 9.59 Å². The number of nitro groups is 1. The quantitative estimate of drug-likeness (QED) is 0.594. The molecule has 0 aliphatic carbocycles. The van der Waals surface area contributed by atoms with Crippen molar-refractivity contribution in [3.8, 4) is 0 Å². The van der Waals surface area contributed by atoms with E-state index in [9.17, 15) is 19.7 Å². The van der Waals surface area contributed by atoms with Crippen LogP contribution in [0.15, 0.2) is 12.1 Å². The first-order valence-corrected chi connectivity index (χ1v) is 6.28. The number of hydrogen-bond donors (Lipinski definition) is 2. The molecule has 1 unspecified atom stereocenters. The van der Waals surface area contributed by atoms with Gasteiger partial charge in [0.1, 0.15) is 6.04 Å². The van der Waals surface area contributed by atoms with E-state index in [2.05, 4.69) is 10.3 Å². The maximum absolute atomic E-state index is 11.9. The average Bonchev–Trinajstić information content (AvgIpc) is 2.40. The number of nitrogens with one attached hydrogen (secondary N) is 1. The molecule has 0 saturated carbocycles.